The van der Waals surface area contributed by atoms with E-state index in [0.29, 0.717) is 6.42 Å². The van der Waals surface area contributed by atoms with Crippen molar-refractivity contribution in [3.8, 4) is 0 Å². The van der Waals surface area contributed by atoms with E-state index in [2.05, 4.69) is 0 Å². The van der Waals surface area contributed by atoms with E-state index in [4.69, 9.17) is 0 Å². The zero-order chi connectivity index (χ0) is 13.8. The quantitative estimate of drug-likeness (QED) is 0.852. The molecular formula is C15H25NO3. The van der Waals surface area contributed by atoms with Crippen LogP contribution in [-0.2, 0) is 9.59 Å². The summed E-state index contributed by atoms with van der Waals surface area (Å²) in [7, 11) is 0. The maximum Gasteiger partial charge on any atom is 0.308 e. The van der Waals surface area contributed by atoms with Crippen LogP contribution >= 0.6 is 0 Å². The lowest BCUT2D eigenvalue weighted by Gasteiger charge is -2.41. The lowest BCUT2D eigenvalue weighted by molar-refractivity contribution is -0.150. The van der Waals surface area contributed by atoms with Gasteiger partial charge in [0, 0.05) is 18.5 Å². The number of hydrogen-bond acceptors (Lipinski definition) is 2. The molecule has 4 heteroatoms. The van der Waals surface area contributed by atoms with Crippen molar-refractivity contribution in [3.63, 3.8) is 0 Å². The predicted molar refractivity (Wildman–Crippen MR) is 72.8 cm³/mol. The van der Waals surface area contributed by atoms with E-state index in [0.717, 1.165) is 38.5 Å². The van der Waals surface area contributed by atoms with Gasteiger partial charge in [0.05, 0.1) is 5.92 Å². The minimum Gasteiger partial charge on any atom is -0.481 e. The smallest absolute Gasteiger partial charge is 0.308 e. The summed E-state index contributed by atoms with van der Waals surface area (Å²) in [5, 5.41) is 9.42. The highest BCUT2D eigenvalue weighted by Gasteiger charge is 2.40. The number of rotatable bonds is 4. The highest BCUT2D eigenvalue weighted by Crippen LogP contribution is 2.34. The van der Waals surface area contributed by atoms with Gasteiger partial charge >= 0.3 is 5.97 Å². The van der Waals surface area contributed by atoms with Crippen LogP contribution in [0.2, 0.25) is 0 Å². The molecule has 2 aliphatic carbocycles. The number of amides is 1. The molecule has 19 heavy (non-hydrogen) atoms. The van der Waals surface area contributed by atoms with Gasteiger partial charge in [-0.25, -0.2) is 0 Å². The molecule has 2 atom stereocenters. The number of carbonyl (C=O) groups is 2. The molecule has 1 amide bonds. The SMILES string of the molecule is CCC(=O)N(C1CCCC1)C1CCCCC1C(=O)O. The van der Waals surface area contributed by atoms with Crippen molar-refractivity contribution in [2.45, 2.75) is 76.8 Å². The normalized spacial score (nSPS) is 28.3. The van der Waals surface area contributed by atoms with Crippen molar-refractivity contribution in [1.29, 1.82) is 0 Å². The van der Waals surface area contributed by atoms with E-state index >= 15 is 0 Å². The predicted octanol–water partition coefficient (Wildman–Crippen LogP) is 2.81. The van der Waals surface area contributed by atoms with E-state index in [1.165, 1.54) is 12.8 Å². The lowest BCUT2D eigenvalue weighted by Crippen LogP contribution is -2.52. The number of carboxylic acids is 1. The molecule has 0 aromatic rings. The topological polar surface area (TPSA) is 57.6 Å². The zero-order valence-electron chi connectivity index (χ0n) is 11.8. The van der Waals surface area contributed by atoms with Crippen molar-refractivity contribution < 1.29 is 14.7 Å². The molecule has 0 bridgehead atoms. The van der Waals surface area contributed by atoms with E-state index in [1.54, 1.807) is 0 Å². The van der Waals surface area contributed by atoms with Crippen molar-refractivity contribution in [3.05, 3.63) is 0 Å². The average molecular weight is 267 g/mol. The highest BCUT2D eigenvalue weighted by atomic mass is 16.4. The average Bonchev–Trinajstić information content (AvgIpc) is 2.93. The second-order valence-corrected chi connectivity index (χ2v) is 5.89. The van der Waals surface area contributed by atoms with Crippen molar-refractivity contribution >= 4 is 11.9 Å². The van der Waals surface area contributed by atoms with Crippen LogP contribution in [0.25, 0.3) is 0 Å². The summed E-state index contributed by atoms with van der Waals surface area (Å²) in [4.78, 5) is 25.7. The van der Waals surface area contributed by atoms with Crippen LogP contribution < -0.4 is 0 Å². The fourth-order valence-electron chi connectivity index (χ4n) is 3.76. The van der Waals surface area contributed by atoms with Crippen LogP contribution in [0.4, 0.5) is 0 Å². The number of aliphatic carboxylic acids is 1. The Morgan fingerprint density at radius 2 is 1.63 bits per heavy atom. The van der Waals surface area contributed by atoms with E-state index in [9.17, 15) is 14.7 Å². The maximum atomic E-state index is 12.3. The van der Waals surface area contributed by atoms with Gasteiger partial charge in [-0.2, -0.15) is 0 Å². The van der Waals surface area contributed by atoms with Crippen LogP contribution in [0.1, 0.15) is 64.7 Å². The summed E-state index contributed by atoms with van der Waals surface area (Å²) in [5.41, 5.74) is 0. The summed E-state index contributed by atoms with van der Waals surface area (Å²) >= 11 is 0. The second kappa shape index (κ2) is 6.40. The van der Waals surface area contributed by atoms with Gasteiger partial charge in [-0.05, 0) is 25.7 Å². The third kappa shape index (κ3) is 3.10. The first kappa shape index (κ1) is 14.4. The molecule has 0 saturated heterocycles. The second-order valence-electron chi connectivity index (χ2n) is 5.89. The van der Waals surface area contributed by atoms with E-state index < -0.39 is 5.97 Å². The lowest BCUT2D eigenvalue weighted by atomic mass is 9.82. The van der Waals surface area contributed by atoms with Gasteiger partial charge in [-0.1, -0.05) is 32.6 Å². The molecule has 2 rings (SSSR count). The molecule has 0 heterocycles. The van der Waals surface area contributed by atoms with Gasteiger partial charge in [0.15, 0.2) is 0 Å². The Kier molecular flexibility index (Phi) is 4.83. The molecule has 0 aliphatic heterocycles. The zero-order valence-corrected chi connectivity index (χ0v) is 11.8. The fraction of sp³-hybridized carbons (Fsp3) is 0.867. The van der Waals surface area contributed by atoms with Crippen LogP contribution in [0, 0.1) is 5.92 Å². The largest absolute Gasteiger partial charge is 0.481 e. The van der Waals surface area contributed by atoms with Crippen LogP contribution in [0.15, 0.2) is 0 Å². The molecule has 0 aromatic carbocycles. The van der Waals surface area contributed by atoms with Crippen molar-refractivity contribution in [2.24, 2.45) is 5.92 Å². The number of nitrogens with zero attached hydrogens (tertiary/aromatic N) is 1. The standard InChI is InChI=1S/C15H25NO3/c1-2-14(17)16(11-7-3-4-8-11)13-10-6-5-9-12(13)15(18)19/h11-13H,2-10H2,1H3,(H,18,19). The Morgan fingerprint density at radius 3 is 2.21 bits per heavy atom. The highest BCUT2D eigenvalue weighted by molar-refractivity contribution is 5.78. The van der Waals surface area contributed by atoms with Gasteiger partial charge in [0.25, 0.3) is 0 Å². The summed E-state index contributed by atoms with van der Waals surface area (Å²) < 4.78 is 0. The first-order valence-electron chi connectivity index (χ1n) is 7.69. The van der Waals surface area contributed by atoms with E-state index in [-0.39, 0.29) is 23.9 Å². The monoisotopic (exact) mass is 267 g/mol. The fourth-order valence-corrected chi connectivity index (χ4v) is 3.76. The van der Waals surface area contributed by atoms with Crippen molar-refractivity contribution in [1.82, 2.24) is 4.90 Å². The minimum atomic E-state index is -0.725. The van der Waals surface area contributed by atoms with Gasteiger partial charge < -0.3 is 10.0 Å². The molecule has 2 saturated carbocycles. The molecule has 108 valence electrons. The van der Waals surface area contributed by atoms with Crippen LogP contribution in [0.5, 0.6) is 0 Å². The van der Waals surface area contributed by atoms with Gasteiger partial charge in [-0.15, -0.1) is 0 Å². The molecule has 2 fully saturated rings. The molecule has 0 aromatic heterocycles. The molecule has 1 N–H and O–H groups in total. The minimum absolute atomic E-state index is 0.0678. The molecule has 2 unspecified atom stereocenters. The van der Waals surface area contributed by atoms with Crippen LogP contribution in [0.3, 0.4) is 0 Å². The molecule has 2 aliphatic rings. The Morgan fingerprint density at radius 1 is 1.05 bits per heavy atom. The Hall–Kier alpha value is -1.06. The molecule has 0 spiro atoms. The van der Waals surface area contributed by atoms with Gasteiger partial charge in [0.1, 0.15) is 0 Å². The Balaban J connectivity index is 2.19. The first-order chi connectivity index (χ1) is 9.15. The molecule has 0 radical (unpaired) electrons. The number of carbonyl (C=O) groups excluding carboxylic acids is 1. The third-order valence-electron chi connectivity index (χ3n) is 4.71. The summed E-state index contributed by atoms with van der Waals surface area (Å²) in [6, 6.07) is 0.221. The van der Waals surface area contributed by atoms with Crippen molar-refractivity contribution in [2.75, 3.05) is 0 Å². The Bertz CT molecular complexity index is 336. The van der Waals surface area contributed by atoms with E-state index in [1.807, 2.05) is 11.8 Å². The number of carboxylic acid groups (broad SMARTS) is 1. The van der Waals surface area contributed by atoms with Gasteiger partial charge in [0.2, 0.25) is 5.91 Å². The van der Waals surface area contributed by atoms with Gasteiger partial charge in [-0.3, -0.25) is 9.59 Å². The number of hydrogen-bond donors (Lipinski definition) is 1. The summed E-state index contributed by atoms with van der Waals surface area (Å²) in [6.07, 6.45) is 8.54. The van der Waals surface area contributed by atoms with Crippen LogP contribution in [-0.4, -0.2) is 34.0 Å². The first-order valence-corrected chi connectivity index (χ1v) is 7.69. The Labute approximate surface area is 115 Å². The molecule has 4 nitrogen and oxygen atoms in total. The third-order valence-corrected chi connectivity index (χ3v) is 4.71. The summed E-state index contributed by atoms with van der Waals surface area (Å²) in [5.74, 6) is -0.938. The molecular weight excluding hydrogens is 242 g/mol. The summed E-state index contributed by atoms with van der Waals surface area (Å²) in [6.45, 7) is 1.88. The maximum absolute atomic E-state index is 12.3.